The zero-order valence-electron chi connectivity index (χ0n) is 16.8. The number of aromatic nitrogens is 2. The largest absolute Gasteiger partial charge is 0.463 e. The lowest BCUT2D eigenvalue weighted by Gasteiger charge is -2.21. The lowest BCUT2D eigenvalue weighted by molar-refractivity contribution is -0.153. The van der Waals surface area contributed by atoms with Crippen molar-refractivity contribution in [3.8, 4) is 0 Å². The topological polar surface area (TPSA) is 82.5 Å². The van der Waals surface area contributed by atoms with Crippen LogP contribution in [0.4, 0.5) is 14.9 Å². The number of nitrogens with zero attached hydrogens (tertiary/aromatic N) is 2. The molecule has 0 bridgehead atoms. The maximum atomic E-state index is 14.2. The van der Waals surface area contributed by atoms with Gasteiger partial charge in [0, 0.05) is 18.1 Å². The number of nitrogens with one attached hydrogen (secondary N) is 1. The molecule has 1 heterocycles. The van der Waals surface area contributed by atoms with Crippen LogP contribution in [-0.2, 0) is 26.5 Å². The quantitative estimate of drug-likeness (QED) is 0.724. The molecule has 1 atom stereocenters. The Morgan fingerprint density at radius 3 is 2.43 bits per heavy atom. The number of ether oxygens (including phenoxy) is 2. The van der Waals surface area contributed by atoms with Gasteiger partial charge in [0.2, 0.25) is 6.10 Å². The van der Waals surface area contributed by atoms with E-state index in [0.29, 0.717) is 22.4 Å². The number of amides is 1. The molecule has 0 fully saturated rings. The van der Waals surface area contributed by atoms with E-state index in [4.69, 9.17) is 9.47 Å². The fourth-order valence-electron chi connectivity index (χ4n) is 2.74. The Morgan fingerprint density at radius 1 is 1.29 bits per heavy atom. The number of benzene rings is 1. The van der Waals surface area contributed by atoms with Crippen molar-refractivity contribution in [1.29, 1.82) is 0 Å². The Kier molecular flexibility index (Phi) is 6.77. The number of hydrogen-bond acceptors (Lipinski definition) is 5. The van der Waals surface area contributed by atoms with E-state index in [1.807, 2.05) is 0 Å². The van der Waals surface area contributed by atoms with Gasteiger partial charge in [0.25, 0.3) is 0 Å². The van der Waals surface area contributed by atoms with Crippen molar-refractivity contribution in [2.75, 3.05) is 11.9 Å². The molecule has 8 heteroatoms. The van der Waals surface area contributed by atoms with Gasteiger partial charge >= 0.3 is 12.1 Å². The van der Waals surface area contributed by atoms with Crippen LogP contribution in [0.25, 0.3) is 0 Å². The second-order valence-corrected chi connectivity index (χ2v) is 6.96. The predicted octanol–water partition coefficient (Wildman–Crippen LogP) is 3.88. The first-order valence-electron chi connectivity index (χ1n) is 9.04. The van der Waals surface area contributed by atoms with Crippen molar-refractivity contribution in [3.63, 3.8) is 0 Å². The highest BCUT2D eigenvalue weighted by molar-refractivity contribution is 5.89. The summed E-state index contributed by atoms with van der Waals surface area (Å²) < 4.78 is 26.0. The van der Waals surface area contributed by atoms with Crippen molar-refractivity contribution in [3.05, 3.63) is 47.3 Å². The molecule has 1 amide bonds. The molecular formula is C20H26FN3O4. The number of aryl methyl sites for hydroxylation is 2. The van der Waals surface area contributed by atoms with E-state index in [9.17, 15) is 14.0 Å². The Bertz CT molecular complexity index is 805. The smallest absolute Gasteiger partial charge is 0.412 e. The minimum Gasteiger partial charge on any atom is -0.463 e. The molecule has 152 valence electrons. The van der Waals surface area contributed by atoms with E-state index in [2.05, 4.69) is 10.4 Å². The van der Waals surface area contributed by atoms with Gasteiger partial charge in [0.05, 0.1) is 13.2 Å². The molecule has 0 aliphatic rings. The Morgan fingerprint density at radius 2 is 1.93 bits per heavy atom. The van der Waals surface area contributed by atoms with Crippen LogP contribution in [0.1, 0.15) is 37.5 Å². The summed E-state index contributed by atoms with van der Waals surface area (Å²) in [6, 6.07) is 5.05. The molecule has 2 rings (SSSR count). The molecule has 0 saturated carbocycles. The molecule has 1 N–H and O–H groups in total. The average Bonchev–Trinajstić information content (AvgIpc) is 3.10. The van der Waals surface area contributed by atoms with Crippen LogP contribution >= 0.6 is 0 Å². The maximum Gasteiger partial charge on any atom is 0.412 e. The van der Waals surface area contributed by atoms with Gasteiger partial charge in [-0.3, -0.25) is 10.00 Å². The van der Waals surface area contributed by atoms with Crippen molar-refractivity contribution >= 4 is 17.7 Å². The van der Waals surface area contributed by atoms with Crippen LogP contribution in [0, 0.1) is 13.8 Å². The Balaban J connectivity index is 2.15. The van der Waals surface area contributed by atoms with E-state index < -0.39 is 23.8 Å². The van der Waals surface area contributed by atoms with Crippen molar-refractivity contribution in [2.45, 2.75) is 52.9 Å². The van der Waals surface area contributed by atoms with Gasteiger partial charge in [-0.25, -0.2) is 14.0 Å². The zero-order chi connectivity index (χ0) is 20.9. The predicted molar refractivity (Wildman–Crippen MR) is 103 cm³/mol. The molecule has 0 saturated heterocycles. The van der Waals surface area contributed by atoms with Crippen LogP contribution in [0.5, 0.6) is 0 Å². The highest BCUT2D eigenvalue weighted by atomic mass is 19.1. The number of carbonyl (C=O) groups excluding carboxylic acids is 2. The Hall–Kier alpha value is -2.90. The summed E-state index contributed by atoms with van der Waals surface area (Å²) in [7, 11) is 0. The first-order chi connectivity index (χ1) is 13.1. The summed E-state index contributed by atoms with van der Waals surface area (Å²) in [5, 5.41) is 6.66. The summed E-state index contributed by atoms with van der Waals surface area (Å²) in [6.45, 7) is 8.35. The van der Waals surface area contributed by atoms with Crippen LogP contribution < -0.4 is 5.32 Å². The minimum absolute atomic E-state index is 0.0339. The van der Waals surface area contributed by atoms with Crippen LogP contribution in [0.2, 0.25) is 0 Å². The van der Waals surface area contributed by atoms with Gasteiger partial charge < -0.3 is 9.47 Å². The third kappa shape index (κ3) is 5.55. The lowest BCUT2D eigenvalue weighted by Crippen LogP contribution is -2.35. The van der Waals surface area contributed by atoms with E-state index in [1.165, 1.54) is 18.5 Å². The monoisotopic (exact) mass is 391 g/mol. The van der Waals surface area contributed by atoms with E-state index in [1.54, 1.807) is 51.4 Å². The summed E-state index contributed by atoms with van der Waals surface area (Å²) in [5.74, 6) is -0.656. The third-order valence-electron chi connectivity index (χ3n) is 4.16. The fourth-order valence-corrected chi connectivity index (χ4v) is 2.74. The van der Waals surface area contributed by atoms with Crippen molar-refractivity contribution in [1.82, 2.24) is 9.78 Å². The molecule has 1 unspecified atom stereocenters. The number of carbonyl (C=O) groups is 2. The summed E-state index contributed by atoms with van der Waals surface area (Å²) in [6.07, 6.45) is 1.26. The van der Waals surface area contributed by atoms with Gasteiger partial charge in [-0.1, -0.05) is 12.1 Å². The second-order valence-electron chi connectivity index (χ2n) is 6.96. The minimum atomic E-state index is -1.49. The zero-order valence-corrected chi connectivity index (χ0v) is 16.8. The molecular weight excluding hydrogens is 365 g/mol. The number of halogens is 1. The molecule has 0 aliphatic carbocycles. The maximum absolute atomic E-state index is 14.2. The lowest BCUT2D eigenvalue weighted by atomic mass is 9.95. The highest BCUT2D eigenvalue weighted by Crippen LogP contribution is 2.30. The summed E-state index contributed by atoms with van der Waals surface area (Å²) >= 11 is 0. The number of alkyl halides is 1. The summed E-state index contributed by atoms with van der Waals surface area (Å²) in [5.41, 5.74) is 0.923. The first-order valence-corrected chi connectivity index (χ1v) is 9.04. The number of esters is 1. The first kappa shape index (κ1) is 21.4. The molecule has 0 aliphatic heterocycles. The second kappa shape index (κ2) is 8.86. The molecule has 7 nitrogen and oxygen atoms in total. The van der Waals surface area contributed by atoms with Gasteiger partial charge in [-0.05, 0) is 57.4 Å². The normalized spacial score (nSPS) is 12.4. The standard InChI is InChI=1S/C20H26FN3O4/c1-6-27-18(25)16(12-24-9-7-8-22-24)28-19(26)23-17-13(2)10-15(11-14(17)3)20(4,5)21/h7-11,16H,6,12H2,1-5H3,(H,23,26). The number of anilines is 1. The molecule has 0 radical (unpaired) electrons. The number of rotatable bonds is 7. The van der Waals surface area contributed by atoms with Gasteiger partial charge in [-0.2, -0.15) is 5.10 Å². The number of hydrogen-bond donors (Lipinski definition) is 1. The molecule has 28 heavy (non-hydrogen) atoms. The van der Waals surface area contributed by atoms with E-state index in [0.717, 1.165) is 0 Å². The van der Waals surface area contributed by atoms with E-state index in [-0.39, 0.29) is 13.2 Å². The van der Waals surface area contributed by atoms with Crippen molar-refractivity contribution in [2.24, 2.45) is 0 Å². The van der Waals surface area contributed by atoms with Gasteiger partial charge in [-0.15, -0.1) is 0 Å². The third-order valence-corrected chi connectivity index (χ3v) is 4.16. The van der Waals surface area contributed by atoms with E-state index >= 15 is 0 Å². The van der Waals surface area contributed by atoms with Crippen LogP contribution in [0.15, 0.2) is 30.6 Å². The SMILES string of the molecule is CCOC(=O)C(Cn1cccn1)OC(=O)Nc1c(C)cc(C(C)(C)F)cc1C. The van der Waals surface area contributed by atoms with Gasteiger partial charge in [0.15, 0.2) is 0 Å². The average molecular weight is 391 g/mol. The highest BCUT2D eigenvalue weighted by Gasteiger charge is 2.26. The molecule has 2 aromatic rings. The van der Waals surface area contributed by atoms with Crippen LogP contribution in [0.3, 0.4) is 0 Å². The molecule has 1 aromatic heterocycles. The Labute approximate surface area is 163 Å². The van der Waals surface area contributed by atoms with Crippen LogP contribution in [-0.4, -0.2) is 34.6 Å². The molecule has 1 aromatic carbocycles. The summed E-state index contributed by atoms with van der Waals surface area (Å²) in [4.78, 5) is 24.5. The van der Waals surface area contributed by atoms with Crippen molar-refractivity contribution < 1.29 is 23.5 Å². The van der Waals surface area contributed by atoms with Gasteiger partial charge in [0.1, 0.15) is 5.67 Å². The molecule has 0 spiro atoms. The fraction of sp³-hybridized carbons (Fsp3) is 0.450.